The van der Waals surface area contributed by atoms with E-state index in [0.29, 0.717) is 22.3 Å². The molecule has 0 amide bonds. The van der Waals surface area contributed by atoms with Gasteiger partial charge in [0.1, 0.15) is 11.5 Å². The number of ether oxygens (including phenoxy) is 1. The Hall–Kier alpha value is -0.740. The lowest BCUT2D eigenvalue weighted by atomic mass is 10.2. The molecule has 2 rings (SSSR count). The Kier molecular flexibility index (Phi) is 6.37. The Morgan fingerprint density at radius 1 is 1.10 bits per heavy atom. The topological polar surface area (TPSA) is 21.3 Å². The summed E-state index contributed by atoms with van der Waals surface area (Å²) in [7, 11) is 0. The van der Waals surface area contributed by atoms with Crippen LogP contribution in [-0.4, -0.2) is 6.54 Å². The smallest absolute Gasteiger partial charge is 0.146 e. The van der Waals surface area contributed by atoms with Crippen molar-refractivity contribution in [3.05, 3.63) is 56.5 Å². The maximum absolute atomic E-state index is 6.19. The van der Waals surface area contributed by atoms with E-state index in [2.05, 4.69) is 28.2 Å². The lowest BCUT2D eigenvalue weighted by molar-refractivity contribution is 0.473. The van der Waals surface area contributed by atoms with E-state index in [0.717, 1.165) is 28.8 Å². The van der Waals surface area contributed by atoms with Crippen LogP contribution in [0.4, 0.5) is 0 Å². The van der Waals surface area contributed by atoms with Crippen molar-refractivity contribution in [1.29, 1.82) is 0 Å². The van der Waals surface area contributed by atoms with Gasteiger partial charge in [0.25, 0.3) is 0 Å². The molecule has 0 unspecified atom stereocenters. The van der Waals surface area contributed by atoms with Crippen LogP contribution in [0.5, 0.6) is 11.5 Å². The molecule has 5 heteroatoms. The minimum atomic E-state index is 0.562. The van der Waals surface area contributed by atoms with Gasteiger partial charge in [-0.3, -0.25) is 0 Å². The van der Waals surface area contributed by atoms with Crippen LogP contribution in [-0.2, 0) is 6.54 Å². The van der Waals surface area contributed by atoms with Crippen molar-refractivity contribution >= 4 is 39.1 Å². The molecule has 112 valence electrons. The molecule has 0 radical (unpaired) electrons. The second kappa shape index (κ2) is 8.04. The lowest BCUT2D eigenvalue weighted by Crippen LogP contribution is -2.14. The summed E-state index contributed by atoms with van der Waals surface area (Å²) in [5, 5.41) is 4.60. The predicted molar refractivity (Wildman–Crippen MR) is 92.7 cm³/mol. The molecule has 1 N–H and O–H groups in total. The minimum absolute atomic E-state index is 0.562. The van der Waals surface area contributed by atoms with Gasteiger partial charge in [-0.2, -0.15) is 0 Å². The predicted octanol–water partition coefficient (Wildman–Crippen LogP) is 6.05. The third-order valence-corrected chi connectivity index (χ3v) is 3.90. The van der Waals surface area contributed by atoms with Crippen LogP contribution in [0.25, 0.3) is 0 Å². The number of halogens is 3. The fraction of sp³-hybridized carbons (Fsp3) is 0.250. The molecule has 0 aromatic heterocycles. The van der Waals surface area contributed by atoms with Gasteiger partial charge in [-0.25, -0.2) is 0 Å². The molecule has 0 saturated heterocycles. The van der Waals surface area contributed by atoms with Crippen molar-refractivity contribution < 1.29 is 4.74 Å². The molecule has 0 saturated carbocycles. The summed E-state index contributed by atoms with van der Waals surface area (Å²) in [6.45, 7) is 3.78. The highest BCUT2D eigenvalue weighted by Crippen LogP contribution is 2.34. The molecule has 0 bridgehead atoms. The summed E-state index contributed by atoms with van der Waals surface area (Å²) in [6.07, 6.45) is 1.08. The van der Waals surface area contributed by atoms with Gasteiger partial charge < -0.3 is 10.1 Å². The normalized spacial score (nSPS) is 10.7. The molecule has 2 aromatic rings. The monoisotopic (exact) mass is 387 g/mol. The van der Waals surface area contributed by atoms with E-state index >= 15 is 0 Å². The van der Waals surface area contributed by atoms with Crippen LogP contribution < -0.4 is 10.1 Å². The number of benzene rings is 2. The molecule has 2 aromatic carbocycles. The second-order valence-corrected chi connectivity index (χ2v) is 6.36. The summed E-state index contributed by atoms with van der Waals surface area (Å²) < 4.78 is 6.85. The molecule has 0 fully saturated rings. The van der Waals surface area contributed by atoms with Crippen LogP contribution in [0.1, 0.15) is 18.9 Å². The van der Waals surface area contributed by atoms with E-state index in [1.54, 1.807) is 0 Å². The molecule has 0 aliphatic rings. The zero-order valence-corrected chi connectivity index (χ0v) is 14.7. The molecule has 0 aliphatic heterocycles. The largest absolute Gasteiger partial charge is 0.455 e. The molecular formula is C16H16BrCl2NO. The minimum Gasteiger partial charge on any atom is -0.455 e. The Labute approximate surface area is 143 Å². The van der Waals surface area contributed by atoms with Gasteiger partial charge in [0.05, 0.1) is 5.02 Å². The Bertz CT molecular complexity index is 619. The van der Waals surface area contributed by atoms with E-state index < -0.39 is 0 Å². The SMILES string of the molecule is CCCNCc1cc(Cl)ccc1Oc1ccc(Br)cc1Cl. The zero-order valence-electron chi connectivity index (χ0n) is 11.6. The molecule has 21 heavy (non-hydrogen) atoms. The molecule has 0 spiro atoms. The van der Waals surface area contributed by atoms with Crippen LogP contribution in [0, 0.1) is 0 Å². The van der Waals surface area contributed by atoms with E-state index in [1.807, 2.05) is 36.4 Å². The van der Waals surface area contributed by atoms with Gasteiger partial charge in [-0.05, 0) is 49.4 Å². The average molecular weight is 389 g/mol. The molecule has 0 atom stereocenters. The van der Waals surface area contributed by atoms with Gasteiger partial charge in [-0.1, -0.05) is 46.1 Å². The third kappa shape index (κ3) is 4.89. The fourth-order valence-corrected chi connectivity index (χ4v) is 2.77. The summed E-state index contributed by atoms with van der Waals surface area (Å²) >= 11 is 15.6. The highest BCUT2D eigenvalue weighted by atomic mass is 79.9. The summed E-state index contributed by atoms with van der Waals surface area (Å²) in [5.41, 5.74) is 1.01. The van der Waals surface area contributed by atoms with Crippen LogP contribution in [0.3, 0.4) is 0 Å². The van der Waals surface area contributed by atoms with Crippen LogP contribution in [0.2, 0.25) is 10.0 Å². The maximum atomic E-state index is 6.19. The van der Waals surface area contributed by atoms with Crippen molar-refractivity contribution in [1.82, 2.24) is 5.32 Å². The maximum Gasteiger partial charge on any atom is 0.146 e. The van der Waals surface area contributed by atoms with Crippen molar-refractivity contribution in [2.75, 3.05) is 6.54 Å². The number of rotatable bonds is 6. The van der Waals surface area contributed by atoms with Gasteiger partial charge >= 0.3 is 0 Å². The molecular weight excluding hydrogens is 373 g/mol. The number of hydrogen-bond donors (Lipinski definition) is 1. The Morgan fingerprint density at radius 2 is 1.86 bits per heavy atom. The van der Waals surface area contributed by atoms with Crippen molar-refractivity contribution in [3.8, 4) is 11.5 Å². The van der Waals surface area contributed by atoms with Gasteiger partial charge in [-0.15, -0.1) is 0 Å². The molecule has 0 heterocycles. The second-order valence-electron chi connectivity index (χ2n) is 4.61. The van der Waals surface area contributed by atoms with E-state index in [1.165, 1.54) is 0 Å². The fourth-order valence-electron chi connectivity index (χ4n) is 1.86. The van der Waals surface area contributed by atoms with Crippen molar-refractivity contribution in [2.24, 2.45) is 0 Å². The average Bonchev–Trinajstić information content (AvgIpc) is 2.44. The first-order chi connectivity index (χ1) is 10.1. The number of hydrogen-bond acceptors (Lipinski definition) is 2. The van der Waals surface area contributed by atoms with Gasteiger partial charge in [0.15, 0.2) is 0 Å². The molecule has 2 nitrogen and oxygen atoms in total. The highest BCUT2D eigenvalue weighted by Gasteiger charge is 2.09. The van der Waals surface area contributed by atoms with Crippen LogP contribution in [0.15, 0.2) is 40.9 Å². The van der Waals surface area contributed by atoms with Crippen molar-refractivity contribution in [2.45, 2.75) is 19.9 Å². The number of nitrogens with one attached hydrogen (secondary N) is 1. The summed E-state index contributed by atoms with van der Waals surface area (Å²) in [6, 6.07) is 11.1. The van der Waals surface area contributed by atoms with Crippen molar-refractivity contribution in [3.63, 3.8) is 0 Å². The first-order valence-corrected chi connectivity index (χ1v) is 8.27. The first-order valence-electron chi connectivity index (χ1n) is 6.72. The third-order valence-electron chi connectivity index (χ3n) is 2.88. The quantitative estimate of drug-likeness (QED) is 0.608. The first kappa shape index (κ1) is 16.6. The standard InChI is InChI=1S/C16H16BrCl2NO/c1-2-7-20-10-11-8-13(18)4-6-15(11)21-16-5-3-12(17)9-14(16)19/h3-6,8-9,20H,2,7,10H2,1H3. The lowest BCUT2D eigenvalue weighted by Gasteiger charge is -2.13. The summed E-state index contributed by atoms with van der Waals surface area (Å²) in [5.74, 6) is 1.38. The zero-order chi connectivity index (χ0) is 15.2. The van der Waals surface area contributed by atoms with Gasteiger partial charge in [0.2, 0.25) is 0 Å². The Morgan fingerprint density at radius 3 is 2.57 bits per heavy atom. The van der Waals surface area contributed by atoms with Gasteiger partial charge in [0, 0.05) is 21.6 Å². The Balaban J connectivity index is 2.22. The highest BCUT2D eigenvalue weighted by molar-refractivity contribution is 9.10. The van der Waals surface area contributed by atoms with Crippen LogP contribution >= 0.6 is 39.1 Å². The summed E-state index contributed by atoms with van der Waals surface area (Å²) in [4.78, 5) is 0. The van der Waals surface area contributed by atoms with E-state index in [4.69, 9.17) is 27.9 Å². The molecule has 0 aliphatic carbocycles. The van der Waals surface area contributed by atoms with E-state index in [9.17, 15) is 0 Å². The van der Waals surface area contributed by atoms with E-state index in [-0.39, 0.29) is 0 Å².